The summed E-state index contributed by atoms with van der Waals surface area (Å²) in [6.45, 7) is 6.25. The fourth-order valence-electron chi connectivity index (χ4n) is 0. The van der Waals surface area contributed by atoms with Gasteiger partial charge in [0.1, 0.15) is 11.6 Å². The Morgan fingerprint density at radius 3 is 1.00 bits per heavy atom. The van der Waals surface area contributed by atoms with E-state index < -0.39 is 0 Å². The van der Waals surface area contributed by atoms with Crippen LogP contribution in [0.1, 0.15) is 27.7 Å². The van der Waals surface area contributed by atoms with E-state index in [1.165, 1.54) is 13.8 Å². The number of alkyl halides is 2. The first-order valence-electron chi connectivity index (χ1n) is 3.58. The molecule has 0 saturated carbocycles. The van der Waals surface area contributed by atoms with Gasteiger partial charge in [-0.2, -0.15) is 0 Å². The molecule has 0 radical (unpaired) electrons. The molecule has 0 bridgehead atoms. The molecule has 0 saturated heterocycles. The van der Waals surface area contributed by atoms with Crippen molar-refractivity contribution in [3.05, 3.63) is 0 Å². The summed E-state index contributed by atoms with van der Waals surface area (Å²) in [6.07, 6.45) is 0. The van der Waals surface area contributed by atoms with Crippen molar-refractivity contribution < 1.29 is 9.59 Å². The smallest absolute Gasteiger partial charge is 0.147 e. The topological polar surface area (TPSA) is 34.1 Å². The van der Waals surface area contributed by atoms with Gasteiger partial charge in [0.2, 0.25) is 0 Å². The van der Waals surface area contributed by atoms with Crippen LogP contribution in [0.5, 0.6) is 0 Å². The van der Waals surface area contributed by atoms with Crippen molar-refractivity contribution in [3.63, 3.8) is 0 Å². The third kappa shape index (κ3) is 12.6. The van der Waals surface area contributed by atoms with Crippen LogP contribution in [-0.4, -0.2) is 22.3 Å². The van der Waals surface area contributed by atoms with Gasteiger partial charge in [-0.1, -0.05) is 0 Å². The first kappa shape index (κ1) is 14.4. The molecular formula is C8H14Cl2O2. The molecule has 0 amide bonds. The van der Waals surface area contributed by atoms with Crippen LogP contribution in [0.3, 0.4) is 0 Å². The second-order valence-corrected chi connectivity index (χ2v) is 3.76. The number of hydrogen-bond donors (Lipinski definition) is 0. The Morgan fingerprint density at radius 1 is 0.917 bits per heavy atom. The SMILES string of the molecule is CC(=O)C(C)Cl.CC(=O)C(C)Cl. The Balaban J connectivity index is 0. The average molecular weight is 213 g/mol. The van der Waals surface area contributed by atoms with Crippen LogP contribution >= 0.6 is 23.2 Å². The lowest BCUT2D eigenvalue weighted by Gasteiger charge is -1.88. The van der Waals surface area contributed by atoms with E-state index in [1.54, 1.807) is 13.8 Å². The fraction of sp³-hybridized carbons (Fsp3) is 0.750. The van der Waals surface area contributed by atoms with Crippen LogP contribution in [0, 0.1) is 0 Å². The summed E-state index contributed by atoms with van der Waals surface area (Å²) in [4.78, 5) is 20.0. The van der Waals surface area contributed by atoms with Gasteiger partial charge in [-0.25, -0.2) is 0 Å². The van der Waals surface area contributed by atoms with Crippen molar-refractivity contribution in [1.82, 2.24) is 0 Å². The lowest BCUT2D eigenvalue weighted by Crippen LogP contribution is -2.02. The molecule has 0 aliphatic rings. The summed E-state index contributed by atoms with van der Waals surface area (Å²) < 4.78 is 0. The molecular weight excluding hydrogens is 199 g/mol. The molecule has 0 fully saturated rings. The molecule has 2 unspecified atom stereocenters. The predicted molar refractivity (Wildman–Crippen MR) is 52.0 cm³/mol. The molecule has 0 aromatic carbocycles. The van der Waals surface area contributed by atoms with Crippen LogP contribution in [0.4, 0.5) is 0 Å². The Morgan fingerprint density at radius 2 is 1.00 bits per heavy atom. The molecule has 0 spiro atoms. The van der Waals surface area contributed by atoms with Gasteiger partial charge >= 0.3 is 0 Å². The maximum Gasteiger partial charge on any atom is 0.147 e. The van der Waals surface area contributed by atoms with Crippen molar-refractivity contribution in [1.29, 1.82) is 0 Å². The van der Waals surface area contributed by atoms with Crippen molar-refractivity contribution in [2.75, 3.05) is 0 Å². The van der Waals surface area contributed by atoms with E-state index in [1.807, 2.05) is 0 Å². The van der Waals surface area contributed by atoms with Gasteiger partial charge < -0.3 is 0 Å². The first-order valence-corrected chi connectivity index (χ1v) is 4.45. The minimum atomic E-state index is -0.315. The molecule has 2 nitrogen and oxygen atoms in total. The third-order valence-electron chi connectivity index (χ3n) is 1.12. The van der Waals surface area contributed by atoms with Crippen molar-refractivity contribution in [2.24, 2.45) is 0 Å². The molecule has 0 rings (SSSR count). The number of carbonyl (C=O) groups excluding carboxylic acids is 2. The van der Waals surface area contributed by atoms with Crippen LogP contribution < -0.4 is 0 Å². The van der Waals surface area contributed by atoms with Crippen molar-refractivity contribution >= 4 is 34.8 Å². The highest BCUT2D eigenvalue weighted by Crippen LogP contribution is 1.92. The zero-order chi connectivity index (χ0) is 10.3. The van der Waals surface area contributed by atoms with Crippen LogP contribution in [-0.2, 0) is 9.59 Å². The maximum atomic E-state index is 10.0. The standard InChI is InChI=1S/2C4H7ClO/c2*1-3(5)4(2)6/h2*3H,1-2H3. The van der Waals surface area contributed by atoms with Crippen LogP contribution in [0.15, 0.2) is 0 Å². The number of hydrogen-bond acceptors (Lipinski definition) is 2. The molecule has 2 atom stereocenters. The monoisotopic (exact) mass is 212 g/mol. The molecule has 0 aliphatic carbocycles. The number of ketones is 2. The van der Waals surface area contributed by atoms with E-state index in [-0.39, 0.29) is 22.3 Å². The number of rotatable bonds is 2. The minimum Gasteiger partial charge on any atom is -0.298 e. The maximum absolute atomic E-state index is 10.0. The Labute approximate surface area is 83.2 Å². The molecule has 0 aromatic heterocycles. The highest BCUT2D eigenvalue weighted by molar-refractivity contribution is 6.30. The summed E-state index contributed by atoms with van der Waals surface area (Å²) in [5.41, 5.74) is 0. The lowest BCUT2D eigenvalue weighted by atomic mass is 10.3. The predicted octanol–water partition coefficient (Wildman–Crippen LogP) is 2.41. The molecule has 0 aromatic rings. The second-order valence-electron chi connectivity index (χ2n) is 2.45. The number of halogens is 2. The Hall–Kier alpha value is -0.0800. The summed E-state index contributed by atoms with van der Waals surface area (Å²) in [7, 11) is 0. The highest BCUT2D eigenvalue weighted by Gasteiger charge is 1.98. The van der Waals surface area contributed by atoms with E-state index in [2.05, 4.69) is 0 Å². The van der Waals surface area contributed by atoms with Gasteiger partial charge in [-0.15, -0.1) is 23.2 Å². The van der Waals surface area contributed by atoms with Crippen LogP contribution in [0.25, 0.3) is 0 Å². The Kier molecular flexibility index (Phi) is 9.10. The van der Waals surface area contributed by atoms with Gasteiger partial charge in [0, 0.05) is 0 Å². The van der Waals surface area contributed by atoms with Gasteiger partial charge in [0.05, 0.1) is 10.8 Å². The Bertz CT molecular complexity index is 135. The molecule has 0 heterocycles. The average Bonchev–Trinajstić information content (AvgIpc) is 1.88. The number of Topliss-reactive ketones (excluding diaryl/α,β-unsaturated/α-hetero) is 2. The lowest BCUT2D eigenvalue weighted by molar-refractivity contribution is -0.117. The highest BCUT2D eigenvalue weighted by atomic mass is 35.5. The van der Waals surface area contributed by atoms with E-state index in [4.69, 9.17) is 23.2 Å². The quantitative estimate of drug-likeness (QED) is 0.660. The van der Waals surface area contributed by atoms with E-state index in [0.717, 1.165) is 0 Å². The first-order chi connectivity index (χ1) is 5.29. The van der Waals surface area contributed by atoms with Gasteiger partial charge in [-0.05, 0) is 27.7 Å². The molecule has 12 heavy (non-hydrogen) atoms. The third-order valence-corrected chi connectivity index (χ3v) is 1.73. The van der Waals surface area contributed by atoms with Gasteiger partial charge in [0.25, 0.3) is 0 Å². The van der Waals surface area contributed by atoms with Gasteiger partial charge in [0.15, 0.2) is 0 Å². The van der Waals surface area contributed by atoms with Crippen molar-refractivity contribution in [2.45, 2.75) is 38.4 Å². The molecule has 0 N–H and O–H groups in total. The van der Waals surface area contributed by atoms with Crippen molar-refractivity contribution in [3.8, 4) is 0 Å². The summed E-state index contributed by atoms with van der Waals surface area (Å²) in [5.74, 6) is 0.0494. The second kappa shape index (κ2) is 7.56. The molecule has 4 heteroatoms. The van der Waals surface area contributed by atoms with Crippen LogP contribution in [0.2, 0.25) is 0 Å². The summed E-state index contributed by atoms with van der Waals surface area (Å²) in [6, 6.07) is 0. The fourth-order valence-corrected chi connectivity index (χ4v) is 0. The normalized spacial score (nSPS) is 13.8. The van der Waals surface area contributed by atoms with Gasteiger partial charge in [-0.3, -0.25) is 9.59 Å². The zero-order valence-corrected chi connectivity index (χ0v) is 9.24. The van der Waals surface area contributed by atoms with E-state index >= 15 is 0 Å². The largest absolute Gasteiger partial charge is 0.298 e. The molecule has 0 aliphatic heterocycles. The van der Waals surface area contributed by atoms with E-state index in [9.17, 15) is 9.59 Å². The minimum absolute atomic E-state index is 0.0247. The summed E-state index contributed by atoms with van der Waals surface area (Å²) >= 11 is 10.5. The zero-order valence-electron chi connectivity index (χ0n) is 7.73. The summed E-state index contributed by atoms with van der Waals surface area (Å²) in [5, 5.41) is -0.630. The van der Waals surface area contributed by atoms with E-state index in [0.29, 0.717) is 0 Å². The molecule has 72 valence electrons. The number of carbonyl (C=O) groups is 2.